The lowest BCUT2D eigenvalue weighted by molar-refractivity contribution is -0.117. The fourth-order valence-corrected chi connectivity index (χ4v) is 4.00. The first-order valence-corrected chi connectivity index (χ1v) is 9.72. The fraction of sp³-hybridized carbons (Fsp3) is 0.318. The summed E-state index contributed by atoms with van der Waals surface area (Å²) in [5.74, 6) is 0.195. The standard InChI is InChI=1S/C22H23F2N3O2/c23-22(24)29-20-8-4-3-7-19(20)26-21(28)14-27-11-9-15(10-12-27)17-13-25-18-6-2-1-5-16(17)18/h1-8,13,15,22,25H,9-12,14H2,(H,26,28). The number of ether oxygens (including phenoxy) is 1. The van der Waals surface area contributed by atoms with Crippen LogP contribution < -0.4 is 10.1 Å². The topological polar surface area (TPSA) is 57.4 Å². The van der Waals surface area contributed by atoms with Crippen molar-refractivity contribution in [2.75, 3.05) is 25.0 Å². The summed E-state index contributed by atoms with van der Waals surface area (Å²) in [4.78, 5) is 17.8. The number of nitrogens with one attached hydrogen (secondary N) is 2. The number of para-hydroxylation sites is 3. The first-order valence-electron chi connectivity index (χ1n) is 9.72. The van der Waals surface area contributed by atoms with E-state index in [1.807, 2.05) is 6.07 Å². The number of amides is 1. The van der Waals surface area contributed by atoms with Gasteiger partial charge < -0.3 is 15.0 Å². The number of piperidine rings is 1. The van der Waals surface area contributed by atoms with Crippen LogP contribution in [0.5, 0.6) is 5.75 Å². The van der Waals surface area contributed by atoms with E-state index in [-0.39, 0.29) is 23.9 Å². The molecule has 0 bridgehead atoms. The highest BCUT2D eigenvalue weighted by Gasteiger charge is 2.24. The van der Waals surface area contributed by atoms with Gasteiger partial charge in [0.15, 0.2) is 0 Å². The molecule has 1 saturated heterocycles. The van der Waals surface area contributed by atoms with Gasteiger partial charge in [0.1, 0.15) is 5.75 Å². The van der Waals surface area contributed by atoms with E-state index < -0.39 is 6.61 Å². The number of likely N-dealkylation sites (tertiary alicyclic amines) is 1. The normalized spacial score (nSPS) is 15.7. The number of nitrogens with zero attached hydrogens (tertiary/aromatic N) is 1. The highest BCUT2D eigenvalue weighted by molar-refractivity contribution is 5.93. The van der Waals surface area contributed by atoms with E-state index in [1.54, 1.807) is 18.2 Å². The molecule has 0 atom stereocenters. The number of fused-ring (bicyclic) bond motifs is 1. The van der Waals surface area contributed by atoms with Crippen molar-refractivity contribution in [1.29, 1.82) is 0 Å². The van der Waals surface area contributed by atoms with E-state index in [9.17, 15) is 13.6 Å². The number of alkyl halides is 2. The number of halogens is 2. The fourth-order valence-electron chi connectivity index (χ4n) is 4.00. The number of aromatic amines is 1. The largest absolute Gasteiger partial charge is 0.433 e. The average molecular weight is 399 g/mol. The Labute approximate surface area is 167 Å². The molecule has 0 unspecified atom stereocenters. The number of anilines is 1. The number of H-pyrrole nitrogens is 1. The van der Waals surface area contributed by atoms with Gasteiger partial charge in [0.05, 0.1) is 12.2 Å². The zero-order valence-corrected chi connectivity index (χ0v) is 15.9. The maximum atomic E-state index is 12.5. The summed E-state index contributed by atoms with van der Waals surface area (Å²) in [5.41, 5.74) is 2.74. The van der Waals surface area contributed by atoms with Crippen molar-refractivity contribution in [2.24, 2.45) is 0 Å². The molecule has 2 aromatic carbocycles. The molecule has 152 valence electrons. The molecule has 2 N–H and O–H groups in total. The highest BCUT2D eigenvalue weighted by Crippen LogP contribution is 2.33. The van der Waals surface area contributed by atoms with Gasteiger partial charge in [-0.25, -0.2) is 0 Å². The van der Waals surface area contributed by atoms with Crippen molar-refractivity contribution >= 4 is 22.5 Å². The zero-order chi connectivity index (χ0) is 20.2. The van der Waals surface area contributed by atoms with Crippen molar-refractivity contribution < 1.29 is 18.3 Å². The minimum atomic E-state index is -2.93. The summed E-state index contributed by atoms with van der Waals surface area (Å²) in [5, 5.41) is 3.95. The number of aromatic nitrogens is 1. The molecule has 0 saturated carbocycles. The number of carbonyl (C=O) groups excluding carboxylic acids is 1. The van der Waals surface area contributed by atoms with Crippen molar-refractivity contribution in [3.05, 3.63) is 60.3 Å². The van der Waals surface area contributed by atoms with Crippen LogP contribution in [0.4, 0.5) is 14.5 Å². The van der Waals surface area contributed by atoms with E-state index in [2.05, 4.69) is 44.3 Å². The molecule has 1 amide bonds. The molecule has 0 aliphatic carbocycles. The van der Waals surface area contributed by atoms with Crippen LogP contribution in [0.15, 0.2) is 54.7 Å². The predicted molar refractivity (Wildman–Crippen MR) is 108 cm³/mol. The number of carbonyl (C=O) groups is 1. The molecular formula is C22H23F2N3O2. The summed E-state index contributed by atoms with van der Waals surface area (Å²) in [6.07, 6.45) is 4.04. The molecule has 0 spiro atoms. The van der Waals surface area contributed by atoms with Gasteiger partial charge in [0.25, 0.3) is 0 Å². The Hall–Kier alpha value is -2.93. The van der Waals surface area contributed by atoms with Crippen LogP contribution in [0.25, 0.3) is 10.9 Å². The van der Waals surface area contributed by atoms with Crippen LogP contribution in [-0.2, 0) is 4.79 Å². The lowest BCUT2D eigenvalue weighted by Crippen LogP contribution is -2.38. The van der Waals surface area contributed by atoms with Gasteiger partial charge in [-0.2, -0.15) is 8.78 Å². The maximum absolute atomic E-state index is 12.5. The highest BCUT2D eigenvalue weighted by atomic mass is 19.3. The van der Waals surface area contributed by atoms with Crippen molar-refractivity contribution in [2.45, 2.75) is 25.4 Å². The lowest BCUT2D eigenvalue weighted by atomic mass is 9.89. The van der Waals surface area contributed by atoms with Gasteiger partial charge >= 0.3 is 6.61 Å². The van der Waals surface area contributed by atoms with Gasteiger partial charge in [-0.1, -0.05) is 30.3 Å². The van der Waals surface area contributed by atoms with Crippen LogP contribution in [0.2, 0.25) is 0 Å². The van der Waals surface area contributed by atoms with Crippen molar-refractivity contribution in [3.8, 4) is 5.75 Å². The number of hydrogen-bond donors (Lipinski definition) is 2. The Morgan fingerprint density at radius 3 is 2.66 bits per heavy atom. The third-order valence-corrected chi connectivity index (χ3v) is 5.39. The van der Waals surface area contributed by atoms with Crippen LogP contribution in [0.3, 0.4) is 0 Å². The molecule has 1 aliphatic heterocycles. The minimum Gasteiger partial charge on any atom is -0.433 e. The summed E-state index contributed by atoms with van der Waals surface area (Å²) < 4.78 is 29.5. The summed E-state index contributed by atoms with van der Waals surface area (Å²) in [6.45, 7) is -1.08. The van der Waals surface area contributed by atoms with Crippen LogP contribution in [-0.4, -0.2) is 42.0 Å². The summed E-state index contributed by atoms with van der Waals surface area (Å²) in [6, 6.07) is 14.5. The Morgan fingerprint density at radius 1 is 1.14 bits per heavy atom. The Bertz CT molecular complexity index is 981. The van der Waals surface area contributed by atoms with E-state index in [0.29, 0.717) is 5.92 Å². The minimum absolute atomic E-state index is 0.0334. The van der Waals surface area contributed by atoms with Gasteiger partial charge in [-0.05, 0) is 55.6 Å². The first-order chi connectivity index (χ1) is 14.1. The predicted octanol–water partition coefficient (Wildman–Crippen LogP) is 4.59. The van der Waals surface area contributed by atoms with Gasteiger partial charge in [-0.3, -0.25) is 9.69 Å². The monoisotopic (exact) mass is 399 g/mol. The quantitative estimate of drug-likeness (QED) is 0.638. The van der Waals surface area contributed by atoms with Crippen molar-refractivity contribution in [1.82, 2.24) is 9.88 Å². The van der Waals surface area contributed by atoms with Crippen LogP contribution in [0.1, 0.15) is 24.3 Å². The van der Waals surface area contributed by atoms with Crippen LogP contribution in [0, 0.1) is 0 Å². The molecule has 4 rings (SSSR count). The smallest absolute Gasteiger partial charge is 0.387 e. The molecule has 5 nitrogen and oxygen atoms in total. The van der Waals surface area contributed by atoms with Crippen LogP contribution >= 0.6 is 0 Å². The maximum Gasteiger partial charge on any atom is 0.387 e. The molecule has 1 aliphatic rings. The van der Waals surface area contributed by atoms with Gasteiger partial charge in [-0.15, -0.1) is 0 Å². The zero-order valence-electron chi connectivity index (χ0n) is 15.9. The average Bonchev–Trinajstić information content (AvgIpc) is 3.14. The molecule has 2 heterocycles. The SMILES string of the molecule is O=C(CN1CCC(c2c[nH]c3ccccc23)CC1)Nc1ccccc1OC(F)F. The Kier molecular flexibility index (Phi) is 5.76. The number of hydrogen-bond acceptors (Lipinski definition) is 3. The second-order valence-electron chi connectivity index (χ2n) is 7.26. The second-order valence-corrected chi connectivity index (χ2v) is 7.26. The number of benzene rings is 2. The molecule has 29 heavy (non-hydrogen) atoms. The first kappa shape index (κ1) is 19.4. The van der Waals surface area contributed by atoms with Gasteiger partial charge in [0, 0.05) is 17.1 Å². The third-order valence-electron chi connectivity index (χ3n) is 5.39. The molecule has 1 fully saturated rings. The van der Waals surface area contributed by atoms with E-state index in [0.717, 1.165) is 31.4 Å². The van der Waals surface area contributed by atoms with Gasteiger partial charge in [0.2, 0.25) is 5.91 Å². The summed E-state index contributed by atoms with van der Waals surface area (Å²) in [7, 11) is 0. The third kappa shape index (κ3) is 4.56. The van der Waals surface area contributed by atoms with E-state index >= 15 is 0 Å². The van der Waals surface area contributed by atoms with Crippen molar-refractivity contribution in [3.63, 3.8) is 0 Å². The number of rotatable bonds is 6. The lowest BCUT2D eigenvalue weighted by Gasteiger charge is -2.31. The molecule has 0 radical (unpaired) electrons. The van der Waals surface area contributed by atoms with E-state index in [4.69, 9.17) is 0 Å². The molecule has 7 heteroatoms. The summed E-state index contributed by atoms with van der Waals surface area (Å²) >= 11 is 0. The molecule has 3 aromatic rings. The molecule has 1 aromatic heterocycles. The van der Waals surface area contributed by atoms with E-state index in [1.165, 1.54) is 17.0 Å². The Balaban J connectivity index is 1.32. The second kappa shape index (κ2) is 8.61. The molecular weight excluding hydrogens is 376 g/mol. The Morgan fingerprint density at radius 2 is 1.86 bits per heavy atom.